The highest BCUT2D eigenvalue weighted by Crippen LogP contribution is 2.36. The Hall–Kier alpha value is -1.87. The molecular weight excluding hydrogens is 432 g/mol. The Bertz CT molecular complexity index is 981. The number of ether oxygens (including phenoxy) is 2. The SMILES string of the molecule is COC(=O)[C@@H]1C[C@H](Oc2ccccc2F)CN1S(=O)(=O)c1c(Cl)cccc1Cl. The number of halogens is 3. The fraction of sp³-hybridized carbons (Fsp3) is 0.278. The van der Waals surface area contributed by atoms with Gasteiger partial charge in [0.15, 0.2) is 11.6 Å². The molecule has 1 fully saturated rings. The van der Waals surface area contributed by atoms with Gasteiger partial charge in [0.1, 0.15) is 17.0 Å². The molecule has 2 aromatic rings. The topological polar surface area (TPSA) is 72.9 Å². The highest BCUT2D eigenvalue weighted by atomic mass is 35.5. The van der Waals surface area contributed by atoms with Gasteiger partial charge in [-0.2, -0.15) is 4.31 Å². The first kappa shape index (κ1) is 20.9. The molecule has 28 heavy (non-hydrogen) atoms. The van der Waals surface area contributed by atoms with Crippen molar-refractivity contribution >= 4 is 39.2 Å². The molecule has 0 unspecified atom stereocenters. The van der Waals surface area contributed by atoms with Crippen molar-refractivity contribution in [2.45, 2.75) is 23.5 Å². The minimum absolute atomic E-state index is 0.0116. The van der Waals surface area contributed by atoms with Gasteiger partial charge in [0, 0.05) is 6.42 Å². The summed E-state index contributed by atoms with van der Waals surface area (Å²) in [4.78, 5) is 11.9. The molecule has 2 atom stereocenters. The van der Waals surface area contributed by atoms with Crippen LogP contribution in [0.2, 0.25) is 10.0 Å². The molecule has 1 aliphatic heterocycles. The number of hydrogen-bond donors (Lipinski definition) is 0. The zero-order valence-electron chi connectivity index (χ0n) is 14.6. The number of sulfonamides is 1. The number of rotatable bonds is 5. The van der Waals surface area contributed by atoms with Gasteiger partial charge in [-0.05, 0) is 24.3 Å². The average molecular weight is 448 g/mol. The van der Waals surface area contributed by atoms with Crippen molar-refractivity contribution in [1.29, 1.82) is 0 Å². The number of carbonyl (C=O) groups is 1. The molecule has 1 heterocycles. The van der Waals surface area contributed by atoms with Crippen LogP contribution >= 0.6 is 23.2 Å². The third-order valence-electron chi connectivity index (χ3n) is 4.31. The Morgan fingerprint density at radius 1 is 1.14 bits per heavy atom. The van der Waals surface area contributed by atoms with Crippen molar-refractivity contribution in [3.63, 3.8) is 0 Å². The molecule has 150 valence electrons. The summed E-state index contributed by atoms with van der Waals surface area (Å²) in [5.74, 6) is -1.38. The van der Waals surface area contributed by atoms with Gasteiger partial charge in [-0.25, -0.2) is 12.8 Å². The molecule has 10 heteroatoms. The molecule has 0 N–H and O–H groups in total. The number of benzene rings is 2. The zero-order valence-corrected chi connectivity index (χ0v) is 17.0. The van der Waals surface area contributed by atoms with Crippen LogP contribution in [0, 0.1) is 5.82 Å². The van der Waals surface area contributed by atoms with Crippen molar-refractivity contribution in [2.75, 3.05) is 13.7 Å². The summed E-state index contributed by atoms with van der Waals surface area (Å²) in [5, 5.41) is -0.149. The van der Waals surface area contributed by atoms with Gasteiger partial charge in [-0.1, -0.05) is 41.4 Å². The second-order valence-corrected chi connectivity index (χ2v) is 8.71. The normalized spacial score (nSPS) is 20.1. The summed E-state index contributed by atoms with van der Waals surface area (Å²) < 4.78 is 51.5. The van der Waals surface area contributed by atoms with E-state index in [2.05, 4.69) is 0 Å². The van der Waals surface area contributed by atoms with Gasteiger partial charge >= 0.3 is 5.97 Å². The van der Waals surface area contributed by atoms with Crippen molar-refractivity contribution in [1.82, 2.24) is 4.31 Å². The highest BCUT2D eigenvalue weighted by Gasteiger charge is 2.46. The molecule has 0 saturated carbocycles. The second-order valence-electron chi connectivity index (χ2n) is 6.07. The van der Waals surface area contributed by atoms with E-state index in [9.17, 15) is 17.6 Å². The van der Waals surface area contributed by atoms with Crippen LogP contribution in [0.5, 0.6) is 5.75 Å². The van der Waals surface area contributed by atoms with Crippen LogP contribution in [-0.4, -0.2) is 44.5 Å². The Labute approximate surface area is 171 Å². The first-order valence-corrected chi connectivity index (χ1v) is 10.4. The van der Waals surface area contributed by atoms with Crippen LogP contribution in [-0.2, 0) is 19.6 Å². The molecular formula is C18H16Cl2FNO5S. The minimum Gasteiger partial charge on any atom is -0.486 e. The number of methoxy groups -OCH3 is 1. The van der Waals surface area contributed by atoms with E-state index in [1.807, 2.05) is 0 Å². The van der Waals surface area contributed by atoms with E-state index in [4.69, 9.17) is 32.7 Å². The summed E-state index contributed by atoms with van der Waals surface area (Å²) in [6.07, 6.45) is -0.778. The van der Waals surface area contributed by atoms with Gasteiger partial charge in [0.2, 0.25) is 10.0 Å². The van der Waals surface area contributed by atoms with Crippen molar-refractivity contribution in [3.8, 4) is 5.75 Å². The van der Waals surface area contributed by atoms with E-state index in [1.54, 1.807) is 6.07 Å². The quantitative estimate of drug-likeness (QED) is 0.655. The van der Waals surface area contributed by atoms with Gasteiger partial charge in [-0.15, -0.1) is 0 Å². The summed E-state index contributed by atoms with van der Waals surface area (Å²) >= 11 is 12.1. The molecule has 0 bridgehead atoms. The van der Waals surface area contributed by atoms with Crippen molar-refractivity contribution in [3.05, 3.63) is 58.3 Å². The lowest BCUT2D eigenvalue weighted by molar-refractivity contribution is -0.144. The number of para-hydroxylation sites is 1. The van der Waals surface area contributed by atoms with Crippen LogP contribution in [0.15, 0.2) is 47.4 Å². The molecule has 2 aromatic carbocycles. The summed E-state index contributed by atoms with van der Waals surface area (Å²) in [6, 6.07) is 8.86. The molecule has 1 aliphatic rings. The Morgan fingerprint density at radius 3 is 2.39 bits per heavy atom. The third kappa shape index (κ3) is 3.96. The van der Waals surface area contributed by atoms with Crippen molar-refractivity contribution < 1.29 is 27.1 Å². The summed E-state index contributed by atoms with van der Waals surface area (Å²) in [7, 11) is -3.09. The number of carbonyl (C=O) groups excluding carboxylic acids is 1. The fourth-order valence-corrected chi connectivity index (χ4v) is 5.75. The van der Waals surface area contributed by atoms with Gasteiger partial charge in [0.25, 0.3) is 0 Å². The highest BCUT2D eigenvalue weighted by molar-refractivity contribution is 7.89. The van der Waals surface area contributed by atoms with Crippen LogP contribution in [0.25, 0.3) is 0 Å². The Balaban J connectivity index is 1.96. The van der Waals surface area contributed by atoms with Crippen LogP contribution in [0.4, 0.5) is 4.39 Å². The maximum absolute atomic E-state index is 13.9. The lowest BCUT2D eigenvalue weighted by Crippen LogP contribution is -2.41. The molecule has 1 saturated heterocycles. The lowest BCUT2D eigenvalue weighted by Gasteiger charge is -2.22. The van der Waals surface area contributed by atoms with E-state index in [0.29, 0.717) is 0 Å². The molecule has 0 spiro atoms. The third-order valence-corrected chi connectivity index (χ3v) is 7.14. The van der Waals surface area contributed by atoms with E-state index in [0.717, 1.165) is 11.4 Å². The molecule has 0 radical (unpaired) electrons. The smallest absolute Gasteiger partial charge is 0.324 e. The lowest BCUT2D eigenvalue weighted by atomic mass is 10.2. The van der Waals surface area contributed by atoms with E-state index >= 15 is 0 Å². The van der Waals surface area contributed by atoms with E-state index in [1.165, 1.54) is 36.4 Å². The Kier molecular flexibility index (Phi) is 6.14. The van der Waals surface area contributed by atoms with Gasteiger partial charge < -0.3 is 9.47 Å². The molecule has 3 rings (SSSR count). The maximum atomic E-state index is 13.9. The largest absolute Gasteiger partial charge is 0.486 e. The summed E-state index contributed by atoms with van der Waals surface area (Å²) in [6.45, 7) is -0.196. The number of esters is 1. The molecule has 0 aliphatic carbocycles. The molecule has 0 aromatic heterocycles. The number of nitrogens with zero attached hydrogens (tertiary/aromatic N) is 1. The maximum Gasteiger partial charge on any atom is 0.324 e. The minimum atomic E-state index is -4.24. The van der Waals surface area contributed by atoms with Crippen LogP contribution in [0.3, 0.4) is 0 Å². The standard InChI is InChI=1S/C18H16Cl2FNO5S/c1-26-18(23)15-9-11(27-16-8-3-2-7-14(16)21)10-22(15)28(24,25)17-12(19)5-4-6-13(17)20/h2-8,11,15H,9-10H2,1H3/t11-,15-/m0/s1. The fourth-order valence-electron chi connectivity index (χ4n) is 3.04. The van der Waals surface area contributed by atoms with Crippen LogP contribution in [0.1, 0.15) is 6.42 Å². The molecule has 0 amide bonds. The van der Waals surface area contributed by atoms with E-state index < -0.39 is 34.0 Å². The zero-order chi connectivity index (χ0) is 20.5. The van der Waals surface area contributed by atoms with Crippen molar-refractivity contribution in [2.24, 2.45) is 0 Å². The predicted molar refractivity (Wildman–Crippen MR) is 102 cm³/mol. The first-order chi connectivity index (χ1) is 13.3. The first-order valence-electron chi connectivity index (χ1n) is 8.20. The van der Waals surface area contributed by atoms with Gasteiger partial charge in [-0.3, -0.25) is 4.79 Å². The predicted octanol–water partition coefficient (Wildman–Crippen LogP) is 3.52. The number of hydrogen-bond acceptors (Lipinski definition) is 5. The average Bonchev–Trinajstić information content (AvgIpc) is 3.07. The molecule has 6 nitrogen and oxygen atoms in total. The van der Waals surface area contributed by atoms with Crippen LogP contribution < -0.4 is 4.74 Å². The monoisotopic (exact) mass is 447 g/mol. The van der Waals surface area contributed by atoms with E-state index in [-0.39, 0.29) is 33.7 Å². The summed E-state index contributed by atoms with van der Waals surface area (Å²) in [5.41, 5.74) is 0. The van der Waals surface area contributed by atoms with Gasteiger partial charge in [0.05, 0.1) is 23.7 Å². The Morgan fingerprint density at radius 2 is 1.79 bits per heavy atom. The second kappa shape index (κ2) is 8.24.